The first-order chi connectivity index (χ1) is 12.1. The summed E-state index contributed by atoms with van der Waals surface area (Å²) < 4.78 is 16.2. The van der Waals surface area contributed by atoms with E-state index in [9.17, 15) is 4.79 Å². The van der Waals surface area contributed by atoms with Gasteiger partial charge in [-0.25, -0.2) is 0 Å². The molecule has 0 unspecified atom stereocenters. The van der Waals surface area contributed by atoms with Crippen LogP contribution in [-0.4, -0.2) is 32.3 Å². The molecule has 0 spiro atoms. The Bertz CT molecular complexity index is 688. The summed E-state index contributed by atoms with van der Waals surface area (Å²) in [4.78, 5) is 12.0. The van der Waals surface area contributed by atoms with Gasteiger partial charge in [0.25, 0.3) is 5.91 Å². The third kappa shape index (κ3) is 6.64. The number of rotatable bonds is 9. The fourth-order valence-electron chi connectivity index (χ4n) is 2.05. The topological polar surface area (TPSA) is 56.8 Å². The van der Waals surface area contributed by atoms with E-state index >= 15 is 0 Å². The number of hydrogen-bond acceptors (Lipinski definition) is 4. The summed E-state index contributed by atoms with van der Waals surface area (Å²) in [7, 11) is 0. The van der Waals surface area contributed by atoms with Crippen LogP contribution in [-0.2, 0) is 9.53 Å². The number of hydrogen-bond donors (Lipinski definition) is 1. The van der Waals surface area contributed by atoms with Crippen LogP contribution in [0.5, 0.6) is 11.5 Å². The Morgan fingerprint density at radius 3 is 2.44 bits per heavy atom. The molecule has 0 aliphatic carbocycles. The minimum absolute atomic E-state index is 0.0757. The number of halogens is 1. The Balaban J connectivity index is 1.77. The average molecular weight is 364 g/mol. The fraction of sp³-hybridized carbons (Fsp3) is 0.316. The van der Waals surface area contributed by atoms with Gasteiger partial charge in [0, 0.05) is 17.3 Å². The van der Waals surface area contributed by atoms with E-state index in [-0.39, 0.29) is 12.5 Å². The maximum atomic E-state index is 12.0. The minimum Gasteiger partial charge on any atom is -0.491 e. The largest absolute Gasteiger partial charge is 0.491 e. The summed E-state index contributed by atoms with van der Waals surface area (Å²) >= 11 is 5.96. The molecule has 5 nitrogen and oxygen atoms in total. The molecule has 2 aromatic rings. The molecule has 0 bridgehead atoms. The highest BCUT2D eigenvalue weighted by molar-refractivity contribution is 6.31. The van der Waals surface area contributed by atoms with E-state index in [1.165, 1.54) is 0 Å². The highest BCUT2D eigenvalue weighted by atomic mass is 35.5. The van der Waals surface area contributed by atoms with Gasteiger partial charge in [0.05, 0.1) is 6.61 Å². The van der Waals surface area contributed by atoms with Crippen LogP contribution in [0.25, 0.3) is 0 Å². The van der Waals surface area contributed by atoms with Gasteiger partial charge in [-0.05, 0) is 61.9 Å². The van der Waals surface area contributed by atoms with Gasteiger partial charge in [0.1, 0.15) is 18.1 Å². The van der Waals surface area contributed by atoms with Crippen LogP contribution in [0.1, 0.15) is 12.5 Å². The van der Waals surface area contributed by atoms with Crippen molar-refractivity contribution in [2.45, 2.75) is 13.8 Å². The van der Waals surface area contributed by atoms with E-state index in [2.05, 4.69) is 5.32 Å². The Morgan fingerprint density at radius 2 is 1.76 bits per heavy atom. The maximum Gasteiger partial charge on any atom is 0.262 e. The third-order valence-corrected chi connectivity index (χ3v) is 3.76. The Morgan fingerprint density at radius 1 is 1.04 bits per heavy atom. The molecule has 6 heteroatoms. The van der Waals surface area contributed by atoms with E-state index in [0.29, 0.717) is 36.3 Å². The normalized spacial score (nSPS) is 10.4. The number of benzene rings is 2. The third-order valence-electron chi connectivity index (χ3n) is 3.34. The van der Waals surface area contributed by atoms with Crippen molar-refractivity contribution in [3.63, 3.8) is 0 Å². The van der Waals surface area contributed by atoms with E-state index in [1.807, 2.05) is 13.8 Å². The van der Waals surface area contributed by atoms with Crippen LogP contribution >= 0.6 is 11.6 Å². The lowest BCUT2D eigenvalue weighted by Crippen LogP contribution is -2.20. The molecule has 0 saturated heterocycles. The first-order valence-corrected chi connectivity index (χ1v) is 8.45. The highest BCUT2D eigenvalue weighted by Gasteiger charge is 2.05. The number of carbonyl (C=O) groups is 1. The van der Waals surface area contributed by atoms with Crippen molar-refractivity contribution in [3.05, 3.63) is 53.1 Å². The molecule has 0 aliphatic heterocycles. The van der Waals surface area contributed by atoms with E-state index < -0.39 is 0 Å². The molecular formula is C19H22ClNO4. The average Bonchev–Trinajstić information content (AvgIpc) is 2.61. The number of aryl methyl sites for hydroxylation is 1. The lowest BCUT2D eigenvalue weighted by Gasteiger charge is -2.10. The van der Waals surface area contributed by atoms with Crippen molar-refractivity contribution in [3.8, 4) is 11.5 Å². The van der Waals surface area contributed by atoms with Gasteiger partial charge in [-0.1, -0.05) is 11.6 Å². The quantitative estimate of drug-likeness (QED) is 0.682. The predicted molar refractivity (Wildman–Crippen MR) is 98.7 cm³/mol. The Kier molecular flexibility index (Phi) is 7.57. The number of ether oxygens (including phenoxy) is 3. The van der Waals surface area contributed by atoms with Crippen molar-refractivity contribution >= 4 is 23.2 Å². The lowest BCUT2D eigenvalue weighted by atomic mass is 10.2. The molecule has 1 amide bonds. The standard InChI is InChI=1S/C19H22ClNO4/c1-3-23-10-11-24-16-6-4-15(5-7-16)21-19(22)13-25-17-8-9-18(20)14(2)12-17/h4-9,12H,3,10-11,13H2,1-2H3,(H,21,22). The second kappa shape index (κ2) is 9.91. The molecular weight excluding hydrogens is 342 g/mol. The minimum atomic E-state index is -0.238. The molecule has 0 aromatic heterocycles. The van der Waals surface area contributed by atoms with Crippen molar-refractivity contribution in [1.82, 2.24) is 0 Å². The first-order valence-electron chi connectivity index (χ1n) is 8.08. The lowest BCUT2D eigenvalue weighted by molar-refractivity contribution is -0.118. The Hall–Kier alpha value is -2.24. The van der Waals surface area contributed by atoms with Gasteiger partial charge in [0.2, 0.25) is 0 Å². The monoisotopic (exact) mass is 363 g/mol. The van der Waals surface area contributed by atoms with E-state index in [0.717, 1.165) is 11.3 Å². The number of amides is 1. The molecule has 0 heterocycles. The van der Waals surface area contributed by atoms with Crippen LogP contribution in [0.15, 0.2) is 42.5 Å². The smallest absolute Gasteiger partial charge is 0.262 e. The maximum absolute atomic E-state index is 12.0. The Labute approximate surface area is 152 Å². The van der Waals surface area contributed by atoms with Crippen molar-refractivity contribution in [2.24, 2.45) is 0 Å². The molecule has 25 heavy (non-hydrogen) atoms. The molecule has 0 aliphatic rings. The highest BCUT2D eigenvalue weighted by Crippen LogP contribution is 2.21. The van der Waals surface area contributed by atoms with Crippen molar-refractivity contribution < 1.29 is 19.0 Å². The fourth-order valence-corrected chi connectivity index (χ4v) is 2.17. The number of nitrogens with one attached hydrogen (secondary N) is 1. The SMILES string of the molecule is CCOCCOc1ccc(NC(=O)COc2ccc(Cl)c(C)c2)cc1. The summed E-state index contributed by atoms with van der Waals surface area (Å²) in [5, 5.41) is 3.44. The van der Waals surface area contributed by atoms with Crippen LogP contribution in [0.3, 0.4) is 0 Å². The molecule has 0 radical (unpaired) electrons. The van der Waals surface area contributed by atoms with Crippen LogP contribution < -0.4 is 14.8 Å². The molecule has 0 atom stereocenters. The predicted octanol–water partition coefficient (Wildman–Crippen LogP) is 4.08. The van der Waals surface area contributed by atoms with Gasteiger partial charge in [0.15, 0.2) is 6.61 Å². The summed E-state index contributed by atoms with van der Waals surface area (Å²) in [5.41, 5.74) is 1.58. The molecule has 134 valence electrons. The number of carbonyl (C=O) groups excluding carboxylic acids is 1. The van der Waals surface area contributed by atoms with Gasteiger partial charge in [-0.15, -0.1) is 0 Å². The van der Waals surface area contributed by atoms with Crippen molar-refractivity contribution in [2.75, 3.05) is 31.7 Å². The van der Waals surface area contributed by atoms with E-state index in [4.69, 9.17) is 25.8 Å². The zero-order chi connectivity index (χ0) is 18.1. The summed E-state index contributed by atoms with van der Waals surface area (Å²) in [6.07, 6.45) is 0. The molecule has 1 N–H and O–H groups in total. The number of anilines is 1. The van der Waals surface area contributed by atoms with Gasteiger partial charge in [-0.2, -0.15) is 0 Å². The van der Waals surface area contributed by atoms with Gasteiger partial charge >= 0.3 is 0 Å². The summed E-state index contributed by atoms with van der Waals surface area (Å²) in [5.74, 6) is 1.10. The molecule has 0 fully saturated rings. The zero-order valence-corrected chi connectivity index (χ0v) is 15.1. The first kappa shape index (κ1) is 19.1. The summed E-state index contributed by atoms with van der Waals surface area (Å²) in [6, 6.07) is 12.4. The molecule has 2 aromatic carbocycles. The van der Waals surface area contributed by atoms with Crippen LogP contribution in [0.2, 0.25) is 5.02 Å². The van der Waals surface area contributed by atoms with Crippen LogP contribution in [0.4, 0.5) is 5.69 Å². The zero-order valence-electron chi connectivity index (χ0n) is 14.4. The summed E-state index contributed by atoms with van der Waals surface area (Å²) in [6.45, 7) is 5.46. The van der Waals surface area contributed by atoms with Gasteiger partial charge in [-0.3, -0.25) is 4.79 Å². The molecule has 2 rings (SSSR count). The second-order valence-electron chi connectivity index (χ2n) is 5.32. The second-order valence-corrected chi connectivity index (χ2v) is 5.72. The van der Waals surface area contributed by atoms with Crippen LogP contribution in [0, 0.1) is 6.92 Å². The van der Waals surface area contributed by atoms with E-state index in [1.54, 1.807) is 42.5 Å². The molecule has 0 saturated carbocycles. The van der Waals surface area contributed by atoms with Gasteiger partial charge < -0.3 is 19.5 Å². The van der Waals surface area contributed by atoms with Crippen molar-refractivity contribution in [1.29, 1.82) is 0 Å².